The zero-order valence-electron chi connectivity index (χ0n) is 32.4. The summed E-state index contributed by atoms with van der Waals surface area (Å²) in [6.07, 6.45) is 44.6. The second kappa shape index (κ2) is 38.9. The Morgan fingerprint density at radius 2 is 0.833 bits per heavy atom. The second-order valence-electron chi connectivity index (χ2n) is 14.9. The van der Waals surface area contributed by atoms with E-state index in [0.717, 1.165) is 38.5 Å². The predicted octanol–water partition coefficient (Wildman–Crippen LogP) is 12.0. The third-order valence-corrected chi connectivity index (χ3v) is 10.1. The van der Waals surface area contributed by atoms with Crippen LogP contribution in [-0.4, -0.2) is 46.1 Å². The number of amides is 1. The molecule has 0 fully saturated rings. The molecule has 0 aliphatic heterocycles. The van der Waals surface area contributed by atoms with E-state index in [1.165, 1.54) is 167 Å². The molecular formula is C43H85NO4. The minimum atomic E-state index is -1.13. The van der Waals surface area contributed by atoms with Crippen molar-refractivity contribution in [2.75, 3.05) is 6.61 Å². The standard InChI is InChI=1S/C43H85NO4/c1-3-5-7-9-11-13-15-17-18-19-20-21-22-23-24-26-28-30-32-34-36-38-42(47)44-40(39-45)43(48)41(46)37-35-33-31-29-27-25-16-14-12-10-8-6-4-2/h21-22,40-41,43,45-46,48H,3-20,23-39H2,1-2H3,(H,44,47)/b22-21-. The first-order valence-corrected chi connectivity index (χ1v) is 21.5. The van der Waals surface area contributed by atoms with E-state index < -0.39 is 18.2 Å². The maximum absolute atomic E-state index is 12.4. The molecule has 0 aliphatic carbocycles. The molecule has 0 rings (SSSR count). The van der Waals surface area contributed by atoms with Gasteiger partial charge in [-0.15, -0.1) is 0 Å². The van der Waals surface area contributed by atoms with Gasteiger partial charge in [0.15, 0.2) is 0 Å². The van der Waals surface area contributed by atoms with Crippen LogP contribution < -0.4 is 5.32 Å². The molecule has 0 bridgehead atoms. The monoisotopic (exact) mass is 680 g/mol. The number of rotatable bonds is 39. The van der Waals surface area contributed by atoms with E-state index in [4.69, 9.17) is 0 Å². The third-order valence-electron chi connectivity index (χ3n) is 10.1. The maximum atomic E-state index is 12.4. The van der Waals surface area contributed by atoms with Gasteiger partial charge in [0.25, 0.3) is 0 Å². The highest BCUT2D eigenvalue weighted by Crippen LogP contribution is 2.16. The first-order chi connectivity index (χ1) is 23.6. The van der Waals surface area contributed by atoms with Gasteiger partial charge < -0.3 is 20.6 Å². The van der Waals surface area contributed by atoms with E-state index in [1.807, 2.05) is 0 Å². The van der Waals surface area contributed by atoms with Crippen LogP contribution >= 0.6 is 0 Å². The Labute approximate surface area is 299 Å². The molecule has 5 heteroatoms. The Morgan fingerprint density at radius 3 is 1.21 bits per heavy atom. The zero-order valence-corrected chi connectivity index (χ0v) is 32.4. The van der Waals surface area contributed by atoms with Crippen molar-refractivity contribution in [3.05, 3.63) is 12.2 Å². The summed E-state index contributed by atoms with van der Waals surface area (Å²) in [5.74, 6) is -0.147. The van der Waals surface area contributed by atoms with Crippen LogP contribution in [-0.2, 0) is 4.79 Å². The van der Waals surface area contributed by atoms with Crippen molar-refractivity contribution in [1.82, 2.24) is 5.32 Å². The normalized spacial score (nSPS) is 13.7. The summed E-state index contributed by atoms with van der Waals surface area (Å²) < 4.78 is 0. The van der Waals surface area contributed by atoms with Crippen molar-refractivity contribution in [3.63, 3.8) is 0 Å². The minimum absolute atomic E-state index is 0.147. The van der Waals surface area contributed by atoms with Gasteiger partial charge in [-0.1, -0.05) is 199 Å². The SMILES string of the molecule is CCCCCCCCCCCC/C=C\CCCCCCCCCC(=O)NC(CO)C(O)C(O)CCCCCCCCCCCCCCC. The van der Waals surface area contributed by atoms with E-state index in [2.05, 4.69) is 31.3 Å². The first-order valence-electron chi connectivity index (χ1n) is 21.5. The molecule has 0 spiro atoms. The lowest BCUT2D eigenvalue weighted by Gasteiger charge is -2.26. The van der Waals surface area contributed by atoms with Crippen molar-refractivity contribution in [2.24, 2.45) is 0 Å². The molecule has 0 radical (unpaired) electrons. The van der Waals surface area contributed by atoms with Gasteiger partial charge in [0.2, 0.25) is 5.91 Å². The molecule has 5 nitrogen and oxygen atoms in total. The smallest absolute Gasteiger partial charge is 0.220 e. The number of carbonyl (C=O) groups is 1. The molecule has 0 aromatic carbocycles. The number of nitrogens with one attached hydrogen (secondary N) is 1. The lowest BCUT2D eigenvalue weighted by molar-refractivity contribution is -0.124. The van der Waals surface area contributed by atoms with Gasteiger partial charge in [-0.25, -0.2) is 0 Å². The number of aliphatic hydroxyl groups is 3. The topological polar surface area (TPSA) is 89.8 Å². The molecule has 48 heavy (non-hydrogen) atoms. The van der Waals surface area contributed by atoms with Crippen molar-refractivity contribution < 1.29 is 20.1 Å². The fraction of sp³-hybridized carbons (Fsp3) is 0.930. The van der Waals surface area contributed by atoms with Crippen LogP contribution in [0.3, 0.4) is 0 Å². The largest absolute Gasteiger partial charge is 0.394 e. The van der Waals surface area contributed by atoms with E-state index in [-0.39, 0.29) is 12.5 Å². The van der Waals surface area contributed by atoms with Crippen LogP contribution in [0.2, 0.25) is 0 Å². The van der Waals surface area contributed by atoms with Gasteiger partial charge in [0, 0.05) is 6.42 Å². The quantitative estimate of drug-likeness (QED) is 0.0384. The molecule has 0 heterocycles. The molecule has 0 aromatic heterocycles. The van der Waals surface area contributed by atoms with Gasteiger partial charge in [0.05, 0.1) is 18.8 Å². The highest BCUT2D eigenvalue weighted by atomic mass is 16.3. The fourth-order valence-corrected chi connectivity index (χ4v) is 6.75. The van der Waals surface area contributed by atoms with Crippen LogP contribution in [0.4, 0.5) is 0 Å². The van der Waals surface area contributed by atoms with Crippen molar-refractivity contribution in [3.8, 4) is 0 Å². The Hall–Kier alpha value is -0.910. The maximum Gasteiger partial charge on any atom is 0.220 e. The first kappa shape index (κ1) is 47.1. The minimum Gasteiger partial charge on any atom is -0.394 e. The van der Waals surface area contributed by atoms with Crippen LogP contribution in [0, 0.1) is 0 Å². The molecule has 0 saturated heterocycles. The Morgan fingerprint density at radius 1 is 0.500 bits per heavy atom. The summed E-state index contributed by atoms with van der Waals surface area (Å²) in [5.41, 5.74) is 0. The highest BCUT2D eigenvalue weighted by molar-refractivity contribution is 5.76. The van der Waals surface area contributed by atoms with Crippen molar-refractivity contribution in [2.45, 2.75) is 250 Å². The molecule has 0 saturated carbocycles. The van der Waals surface area contributed by atoms with Gasteiger partial charge in [-0.3, -0.25) is 4.79 Å². The lowest BCUT2D eigenvalue weighted by Crippen LogP contribution is -2.50. The van der Waals surface area contributed by atoms with Crippen LogP contribution in [0.1, 0.15) is 232 Å². The van der Waals surface area contributed by atoms with E-state index in [9.17, 15) is 20.1 Å². The molecule has 0 aromatic rings. The fourth-order valence-electron chi connectivity index (χ4n) is 6.75. The van der Waals surface area contributed by atoms with Crippen LogP contribution in [0.5, 0.6) is 0 Å². The highest BCUT2D eigenvalue weighted by Gasteiger charge is 2.26. The zero-order chi connectivity index (χ0) is 35.2. The van der Waals surface area contributed by atoms with Crippen LogP contribution in [0.25, 0.3) is 0 Å². The van der Waals surface area contributed by atoms with Gasteiger partial charge in [0.1, 0.15) is 6.10 Å². The number of hydrogen-bond donors (Lipinski definition) is 4. The summed E-state index contributed by atoms with van der Waals surface area (Å²) >= 11 is 0. The molecule has 1 amide bonds. The van der Waals surface area contributed by atoms with Crippen molar-refractivity contribution in [1.29, 1.82) is 0 Å². The second-order valence-corrected chi connectivity index (χ2v) is 14.9. The van der Waals surface area contributed by atoms with Gasteiger partial charge in [-0.05, 0) is 38.5 Å². The van der Waals surface area contributed by atoms with E-state index in [0.29, 0.717) is 12.8 Å². The Bertz CT molecular complexity index is 669. The molecular weight excluding hydrogens is 594 g/mol. The summed E-state index contributed by atoms with van der Waals surface area (Å²) in [6, 6.07) is -0.807. The van der Waals surface area contributed by atoms with Gasteiger partial charge >= 0.3 is 0 Å². The summed E-state index contributed by atoms with van der Waals surface area (Å²) in [6.45, 7) is 4.18. The average Bonchev–Trinajstić information content (AvgIpc) is 3.09. The number of hydrogen-bond acceptors (Lipinski definition) is 4. The molecule has 3 unspecified atom stereocenters. The van der Waals surface area contributed by atoms with Crippen LogP contribution in [0.15, 0.2) is 12.2 Å². The Kier molecular flexibility index (Phi) is 38.1. The molecule has 4 N–H and O–H groups in total. The van der Waals surface area contributed by atoms with E-state index >= 15 is 0 Å². The number of aliphatic hydroxyl groups excluding tert-OH is 3. The summed E-state index contributed by atoms with van der Waals surface area (Å²) in [4.78, 5) is 12.4. The number of carbonyl (C=O) groups excluding carboxylic acids is 1. The molecule has 286 valence electrons. The lowest BCUT2D eigenvalue weighted by atomic mass is 9.99. The molecule has 0 aliphatic rings. The number of allylic oxidation sites excluding steroid dienone is 2. The average molecular weight is 680 g/mol. The van der Waals surface area contributed by atoms with E-state index in [1.54, 1.807) is 0 Å². The third kappa shape index (κ3) is 33.6. The van der Waals surface area contributed by atoms with Crippen molar-refractivity contribution >= 4 is 5.91 Å². The summed E-state index contributed by atoms with van der Waals surface area (Å²) in [7, 11) is 0. The predicted molar refractivity (Wildman–Crippen MR) is 208 cm³/mol. The Balaban J connectivity index is 3.61. The number of unbranched alkanes of at least 4 members (excludes halogenated alkanes) is 29. The molecule has 3 atom stereocenters. The summed E-state index contributed by atoms with van der Waals surface area (Å²) in [5, 5.41) is 33.5. The van der Waals surface area contributed by atoms with Gasteiger partial charge in [-0.2, -0.15) is 0 Å².